The SMILES string of the molecule is OC1SC(c2nc(NC3CCC(F)(F)CC3)cc(N3CCOCC3)n2)=NC1C(F)(F)F. The molecule has 0 spiro atoms. The normalized spacial score (nSPS) is 27.3. The Kier molecular flexibility index (Phi) is 6.28. The van der Waals surface area contributed by atoms with Crippen molar-refractivity contribution in [2.24, 2.45) is 4.99 Å². The van der Waals surface area contributed by atoms with E-state index in [0.29, 0.717) is 49.7 Å². The molecule has 0 bridgehead atoms. The predicted molar refractivity (Wildman–Crippen MR) is 106 cm³/mol. The van der Waals surface area contributed by atoms with Crippen molar-refractivity contribution in [1.29, 1.82) is 0 Å². The lowest BCUT2D eigenvalue weighted by molar-refractivity contribution is -0.157. The highest BCUT2D eigenvalue weighted by molar-refractivity contribution is 8.15. The number of morpholine rings is 1. The van der Waals surface area contributed by atoms with Crippen LogP contribution in [0.15, 0.2) is 11.1 Å². The number of hydrogen-bond acceptors (Lipinski definition) is 8. The van der Waals surface area contributed by atoms with Gasteiger partial charge in [0.2, 0.25) is 5.92 Å². The molecule has 13 heteroatoms. The van der Waals surface area contributed by atoms with Crippen LogP contribution in [0, 0.1) is 0 Å². The number of nitrogens with one attached hydrogen (secondary N) is 1. The van der Waals surface area contributed by atoms with Gasteiger partial charge in [-0.25, -0.2) is 18.7 Å². The molecule has 0 aromatic carbocycles. The molecule has 172 valence electrons. The Labute approximate surface area is 179 Å². The molecule has 2 aliphatic heterocycles. The van der Waals surface area contributed by atoms with Crippen molar-refractivity contribution in [3.05, 3.63) is 11.9 Å². The highest BCUT2D eigenvalue weighted by atomic mass is 32.2. The molecular weight excluding hydrogens is 445 g/mol. The standard InChI is InChI=1S/C18H22F5N5O2S/c19-17(20)3-1-10(2-4-17)24-11-9-12(28-5-7-30-8-6-28)26-14(25-11)15-27-13(16(29)31-15)18(21,22)23/h9-10,13,16,29H,1-8H2,(H,24,25,26). The Balaban J connectivity index is 1.61. The molecule has 1 saturated carbocycles. The molecule has 4 rings (SSSR count). The minimum absolute atomic E-state index is 0.0385. The average molecular weight is 467 g/mol. The van der Waals surface area contributed by atoms with Crippen molar-refractivity contribution in [2.75, 3.05) is 36.5 Å². The van der Waals surface area contributed by atoms with Crippen molar-refractivity contribution in [1.82, 2.24) is 9.97 Å². The number of halogens is 5. The highest BCUT2D eigenvalue weighted by Gasteiger charge is 2.49. The molecule has 2 atom stereocenters. The van der Waals surface area contributed by atoms with Crippen LogP contribution in [0.4, 0.5) is 33.6 Å². The summed E-state index contributed by atoms with van der Waals surface area (Å²) in [5.41, 5.74) is -1.78. The van der Waals surface area contributed by atoms with Crippen LogP contribution in [-0.2, 0) is 4.74 Å². The molecule has 0 amide bonds. The molecule has 31 heavy (non-hydrogen) atoms. The summed E-state index contributed by atoms with van der Waals surface area (Å²) in [5, 5.41) is 12.8. The molecule has 7 nitrogen and oxygen atoms in total. The second-order valence-electron chi connectivity index (χ2n) is 7.74. The Morgan fingerprint density at radius 1 is 1.16 bits per heavy atom. The maximum Gasteiger partial charge on any atom is 0.414 e. The number of aliphatic imine (C=N–C) groups is 1. The minimum atomic E-state index is -4.69. The zero-order valence-corrected chi connectivity index (χ0v) is 17.2. The second kappa shape index (κ2) is 8.66. The van der Waals surface area contributed by atoms with Crippen LogP contribution in [0.3, 0.4) is 0 Å². The molecule has 2 unspecified atom stereocenters. The predicted octanol–water partition coefficient (Wildman–Crippen LogP) is 3.05. The molecule has 3 aliphatic rings. The number of aliphatic hydroxyl groups is 1. The summed E-state index contributed by atoms with van der Waals surface area (Å²) in [6.07, 6.45) is -4.65. The van der Waals surface area contributed by atoms with E-state index in [4.69, 9.17) is 4.74 Å². The van der Waals surface area contributed by atoms with Gasteiger partial charge >= 0.3 is 6.18 Å². The first kappa shape index (κ1) is 22.5. The van der Waals surface area contributed by atoms with Crippen molar-refractivity contribution < 1.29 is 31.8 Å². The van der Waals surface area contributed by atoms with Crippen LogP contribution in [0.25, 0.3) is 0 Å². The zero-order chi connectivity index (χ0) is 22.2. The number of ether oxygens (including phenoxy) is 1. The molecule has 1 aromatic rings. The molecule has 3 heterocycles. The maximum absolute atomic E-state index is 13.5. The summed E-state index contributed by atoms with van der Waals surface area (Å²) < 4.78 is 71.6. The van der Waals surface area contributed by atoms with Gasteiger partial charge in [-0.2, -0.15) is 13.2 Å². The molecule has 2 N–H and O–H groups in total. The number of thioether (sulfide) groups is 1. The van der Waals surface area contributed by atoms with E-state index in [9.17, 15) is 27.1 Å². The minimum Gasteiger partial charge on any atom is -0.379 e. The van der Waals surface area contributed by atoms with Crippen LogP contribution < -0.4 is 10.2 Å². The number of hydrogen-bond donors (Lipinski definition) is 2. The fraction of sp³-hybridized carbons (Fsp3) is 0.722. The molecule has 0 radical (unpaired) electrons. The molecular formula is C18H22F5N5O2S. The van der Waals surface area contributed by atoms with E-state index in [2.05, 4.69) is 20.3 Å². The zero-order valence-electron chi connectivity index (χ0n) is 16.4. The summed E-state index contributed by atoms with van der Waals surface area (Å²) in [6.45, 7) is 2.03. The van der Waals surface area contributed by atoms with Gasteiger partial charge in [-0.1, -0.05) is 11.8 Å². The summed E-state index contributed by atoms with van der Waals surface area (Å²) in [4.78, 5) is 14.2. The van der Waals surface area contributed by atoms with Gasteiger partial charge in [-0.05, 0) is 12.8 Å². The van der Waals surface area contributed by atoms with Crippen molar-refractivity contribution in [3.8, 4) is 0 Å². The van der Waals surface area contributed by atoms with Gasteiger partial charge in [0, 0.05) is 38.0 Å². The topological polar surface area (TPSA) is 82.9 Å². The maximum atomic E-state index is 13.5. The first-order chi connectivity index (χ1) is 14.6. The lowest BCUT2D eigenvalue weighted by atomic mass is 9.92. The van der Waals surface area contributed by atoms with Crippen LogP contribution in [0.1, 0.15) is 31.5 Å². The quantitative estimate of drug-likeness (QED) is 0.659. The van der Waals surface area contributed by atoms with Gasteiger partial charge in [-0.15, -0.1) is 0 Å². The number of aliphatic hydroxyl groups excluding tert-OH is 1. The van der Waals surface area contributed by atoms with Crippen LogP contribution >= 0.6 is 11.8 Å². The smallest absolute Gasteiger partial charge is 0.379 e. The monoisotopic (exact) mass is 467 g/mol. The number of nitrogens with zero attached hydrogens (tertiary/aromatic N) is 4. The first-order valence-electron chi connectivity index (χ1n) is 9.96. The summed E-state index contributed by atoms with van der Waals surface area (Å²) in [7, 11) is 0. The van der Waals surface area contributed by atoms with Crippen molar-refractivity contribution >= 4 is 28.4 Å². The lowest BCUT2D eigenvalue weighted by Crippen LogP contribution is -2.37. The Morgan fingerprint density at radius 3 is 2.45 bits per heavy atom. The Hall–Kier alpha value is -1.73. The summed E-state index contributed by atoms with van der Waals surface area (Å²) >= 11 is 0.554. The van der Waals surface area contributed by atoms with Crippen LogP contribution in [0.2, 0.25) is 0 Å². The molecule has 1 saturated heterocycles. The van der Waals surface area contributed by atoms with E-state index in [0.717, 1.165) is 0 Å². The van der Waals surface area contributed by atoms with Gasteiger partial charge < -0.3 is 20.1 Å². The fourth-order valence-corrected chi connectivity index (χ4v) is 4.64. The lowest BCUT2D eigenvalue weighted by Gasteiger charge is -2.30. The van der Waals surface area contributed by atoms with Gasteiger partial charge in [-0.3, -0.25) is 4.99 Å². The number of aromatic nitrogens is 2. The van der Waals surface area contributed by atoms with Crippen LogP contribution in [-0.4, -0.2) is 76.0 Å². The van der Waals surface area contributed by atoms with E-state index in [1.165, 1.54) is 0 Å². The van der Waals surface area contributed by atoms with Crippen molar-refractivity contribution in [3.63, 3.8) is 0 Å². The summed E-state index contributed by atoms with van der Waals surface area (Å²) in [6, 6.07) is -0.828. The third-order valence-electron chi connectivity index (χ3n) is 5.40. The van der Waals surface area contributed by atoms with Gasteiger partial charge in [0.25, 0.3) is 0 Å². The van der Waals surface area contributed by atoms with Gasteiger partial charge in [0.15, 0.2) is 11.9 Å². The Bertz CT molecular complexity index is 824. The van der Waals surface area contributed by atoms with E-state index < -0.39 is 23.6 Å². The van der Waals surface area contributed by atoms with Gasteiger partial charge in [0.05, 0.1) is 13.2 Å². The highest BCUT2D eigenvalue weighted by Crippen LogP contribution is 2.38. The second-order valence-corrected chi connectivity index (χ2v) is 8.84. The van der Waals surface area contributed by atoms with E-state index >= 15 is 0 Å². The van der Waals surface area contributed by atoms with Crippen molar-refractivity contribution in [2.45, 2.75) is 55.3 Å². The largest absolute Gasteiger partial charge is 0.414 e. The number of anilines is 2. The number of rotatable bonds is 4. The third kappa shape index (κ3) is 5.37. The molecule has 2 fully saturated rings. The molecule has 1 aromatic heterocycles. The van der Waals surface area contributed by atoms with E-state index in [1.54, 1.807) is 6.07 Å². The van der Waals surface area contributed by atoms with E-state index in [1.807, 2.05) is 4.90 Å². The molecule has 1 aliphatic carbocycles. The van der Waals surface area contributed by atoms with E-state index in [-0.39, 0.29) is 42.6 Å². The Morgan fingerprint density at radius 2 is 1.84 bits per heavy atom. The number of alkyl halides is 5. The first-order valence-corrected chi connectivity index (χ1v) is 10.8. The summed E-state index contributed by atoms with van der Waals surface area (Å²) in [5.74, 6) is -1.91. The van der Waals surface area contributed by atoms with Crippen LogP contribution in [0.5, 0.6) is 0 Å². The average Bonchev–Trinajstić information content (AvgIpc) is 3.12. The third-order valence-corrected chi connectivity index (χ3v) is 6.41. The van der Waals surface area contributed by atoms with Gasteiger partial charge in [0.1, 0.15) is 22.1 Å². The fourth-order valence-electron chi connectivity index (χ4n) is 3.70.